The number of hydrogen-bond acceptors (Lipinski definition) is 1. The molecule has 0 fully saturated rings. The van der Waals surface area contributed by atoms with Crippen LogP contribution in [-0.4, -0.2) is 4.20 Å². The van der Waals surface area contributed by atoms with Crippen molar-refractivity contribution in [2.45, 2.75) is 0 Å². The van der Waals surface area contributed by atoms with Crippen LogP contribution in [0.3, 0.4) is 0 Å². The lowest BCUT2D eigenvalue weighted by atomic mass is 9.90. The summed E-state index contributed by atoms with van der Waals surface area (Å²) in [6, 6.07) is 30.9. The Morgan fingerprint density at radius 2 is 0.913 bits per heavy atom. The Balaban J connectivity index is 2.34. The van der Waals surface area contributed by atoms with E-state index in [2.05, 4.69) is 49.0 Å². The zero-order valence-corrected chi connectivity index (χ0v) is 14.2. The maximum absolute atomic E-state index is 5.48. The molecule has 0 saturated heterocycles. The highest BCUT2D eigenvalue weighted by molar-refractivity contribution is 8.12. The zero-order chi connectivity index (χ0) is 16.1. The Morgan fingerprint density at radius 3 is 1.26 bits per heavy atom. The molecule has 0 aliphatic heterocycles. The van der Waals surface area contributed by atoms with E-state index in [9.17, 15) is 0 Å². The van der Waals surface area contributed by atoms with Crippen molar-refractivity contribution in [1.82, 2.24) is 0 Å². The van der Waals surface area contributed by atoms with E-state index in [1.807, 2.05) is 54.6 Å². The van der Waals surface area contributed by atoms with E-state index in [1.165, 1.54) is 0 Å². The molecule has 0 radical (unpaired) electrons. The number of benzene rings is 3. The summed E-state index contributed by atoms with van der Waals surface area (Å²) in [7, 11) is 0. The average molecular weight is 332 g/mol. The molecule has 0 aromatic heterocycles. The Kier molecular flexibility index (Phi) is 5.06. The van der Waals surface area contributed by atoms with Crippen LogP contribution in [0.15, 0.2) is 91.0 Å². The van der Waals surface area contributed by atoms with Crippen LogP contribution in [-0.2, 0) is 0 Å². The minimum atomic E-state index is 0.596. The maximum atomic E-state index is 5.48. The summed E-state index contributed by atoms with van der Waals surface area (Å²) in [5, 5.41) is 0. The number of hydrogen-bond donors (Lipinski definition) is 1. The molecular formula is C21H16S2. The van der Waals surface area contributed by atoms with Gasteiger partial charge in [-0.15, -0.1) is 12.6 Å². The summed E-state index contributed by atoms with van der Waals surface area (Å²) in [5.41, 5.74) is 5.44. The standard InChI is InChI=1S/C21H16S2/c22-21(23)20(18-14-8-3-9-15-18)19(16-10-4-1-5-11-16)17-12-6-2-7-13-17/h1-15H,(H,22,23). The van der Waals surface area contributed by atoms with Crippen molar-refractivity contribution >= 4 is 40.2 Å². The van der Waals surface area contributed by atoms with Crippen molar-refractivity contribution in [2.75, 3.05) is 0 Å². The lowest BCUT2D eigenvalue weighted by Gasteiger charge is -2.16. The fourth-order valence-corrected chi connectivity index (χ4v) is 3.11. The first-order chi connectivity index (χ1) is 11.3. The molecule has 0 spiro atoms. The fraction of sp³-hybridized carbons (Fsp3) is 0. The largest absolute Gasteiger partial charge is 0.131 e. The van der Waals surface area contributed by atoms with E-state index in [4.69, 9.17) is 12.2 Å². The van der Waals surface area contributed by atoms with Gasteiger partial charge in [0.05, 0.1) is 4.20 Å². The third kappa shape index (κ3) is 3.61. The zero-order valence-electron chi connectivity index (χ0n) is 12.5. The molecule has 0 aliphatic carbocycles. The minimum Gasteiger partial charge on any atom is -0.131 e. The highest BCUT2D eigenvalue weighted by Crippen LogP contribution is 2.34. The van der Waals surface area contributed by atoms with Gasteiger partial charge in [-0.1, -0.05) is 103 Å². The van der Waals surface area contributed by atoms with Crippen molar-refractivity contribution in [2.24, 2.45) is 0 Å². The SMILES string of the molecule is S=C(S)C(=C(c1ccccc1)c1ccccc1)c1ccccc1. The van der Waals surface area contributed by atoms with Gasteiger partial charge in [0.15, 0.2) is 0 Å². The van der Waals surface area contributed by atoms with Crippen LogP contribution in [0.25, 0.3) is 11.1 Å². The van der Waals surface area contributed by atoms with Crippen molar-refractivity contribution < 1.29 is 0 Å². The van der Waals surface area contributed by atoms with Crippen molar-refractivity contribution in [1.29, 1.82) is 0 Å². The summed E-state index contributed by atoms with van der Waals surface area (Å²) < 4.78 is 0.596. The predicted octanol–water partition coefficient (Wildman–Crippen LogP) is 5.90. The second kappa shape index (κ2) is 7.40. The van der Waals surface area contributed by atoms with Crippen LogP contribution in [0, 0.1) is 0 Å². The molecule has 0 heterocycles. The Bertz CT molecular complexity index is 778. The van der Waals surface area contributed by atoms with Gasteiger partial charge in [-0.3, -0.25) is 0 Å². The van der Waals surface area contributed by atoms with E-state index in [0.29, 0.717) is 4.20 Å². The molecule has 23 heavy (non-hydrogen) atoms. The van der Waals surface area contributed by atoms with Gasteiger partial charge in [-0.05, 0) is 22.3 Å². The van der Waals surface area contributed by atoms with Gasteiger partial charge in [0.25, 0.3) is 0 Å². The number of thiocarbonyl (C=S) groups is 1. The molecule has 0 unspecified atom stereocenters. The second-order valence-corrected chi connectivity index (χ2v) is 6.31. The Morgan fingerprint density at radius 1 is 0.565 bits per heavy atom. The monoisotopic (exact) mass is 332 g/mol. The van der Waals surface area contributed by atoms with Crippen LogP contribution in [0.4, 0.5) is 0 Å². The first kappa shape index (κ1) is 15.7. The van der Waals surface area contributed by atoms with Gasteiger partial charge in [-0.25, -0.2) is 0 Å². The summed E-state index contributed by atoms with van der Waals surface area (Å²) in [6.07, 6.45) is 0. The molecule has 0 aliphatic rings. The first-order valence-corrected chi connectivity index (χ1v) is 8.27. The third-order valence-corrected chi connectivity index (χ3v) is 4.08. The summed E-state index contributed by atoms with van der Waals surface area (Å²) in [4.78, 5) is 0. The molecule has 0 amide bonds. The molecule has 0 atom stereocenters. The molecule has 3 rings (SSSR count). The van der Waals surface area contributed by atoms with Gasteiger partial charge in [-0.2, -0.15) is 0 Å². The summed E-state index contributed by atoms with van der Waals surface area (Å²) >= 11 is 10.00. The topological polar surface area (TPSA) is 0 Å². The Labute approximate surface area is 147 Å². The van der Waals surface area contributed by atoms with Gasteiger partial charge < -0.3 is 0 Å². The highest BCUT2D eigenvalue weighted by Gasteiger charge is 2.15. The highest BCUT2D eigenvalue weighted by atomic mass is 32.1. The van der Waals surface area contributed by atoms with Gasteiger partial charge in [0.1, 0.15) is 0 Å². The van der Waals surface area contributed by atoms with Crippen LogP contribution in [0.5, 0.6) is 0 Å². The van der Waals surface area contributed by atoms with Crippen molar-refractivity contribution in [3.05, 3.63) is 108 Å². The number of thiol groups is 1. The minimum absolute atomic E-state index is 0.596. The lowest BCUT2D eigenvalue weighted by molar-refractivity contribution is 1.54. The molecule has 0 saturated carbocycles. The van der Waals surface area contributed by atoms with E-state index < -0.39 is 0 Å². The number of rotatable bonds is 4. The van der Waals surface area contributed by atoms with Crippen LogP contribution >= 0.6 is 24.8 Å². The van der Waals surface area contributed by atoms with E-state index in [-0.39, 0.29) is 0 Å². The van der Waals surface area contributed by atoms with E-state index in [1.54, 1.807) is 0 Å². The van der Waals surface area contributed by atoms with Crippen molar-refractivity contribution in [3.8, 4) is 0 Å². The van der Waals surface area contributed by atoms with E-state index >= 15 is 0 Å². The van der Waals surface area contributed by atoms with Gasteiger partial charge in [0.2, 0.25) is 0 Å². The molecular weight excluding hydrogens is 316 g/mol. The molecule has 0 nitrogen and oxygen atoms in total. The normalized spacial score (nSPS) is 10.1. The Hall–Kier alpha value is -2.16. The fourth-order valence-electron chi connectivity index (χ4n) is 2.64. The quantitative estimate of drug-likeness (QED) is 0.268. The van der Waals surface area contributed by atoms with Gasteiger partial charge >= 0.3 is 0 Å². The van der Waals surface area contributed by atoms with E-state index in [0.717, 1.165) is 27.8 Å². The second-order valence-electron chi connectivity index (χ2n) is 5.15. The van der Waals surface area contributed by atoms with Crippen LogP contribution in [0.1, 0.15) is 16.7 Å². The molecule has 3 aromatic carbocycles. The lowest BCUT2D eigenvalue weighted by Crippen LogP contribution is -1.99. The van der Waals surface area contributed by atoms with Crippen molar-refractivity contribution in [3.63, 3.8) is 0 Å². The molecule has 0 N–H and O–H groups in total. The molecule has 112 valence electrons. The summed E-state index contributed by atoms with van der Waals surface area (Å²) in [5.74, 6) is 0. The van der Waals surface area contributed by atoms with Crippen LogP contribution in [0.2, 0.25) is 0 Å². The first-order valence-electron chi connectivity index (χ1n) is 7.41. The third-order valence-electron chi connectivity index (χ3n) is 3.65. The summed E-state index contributed by atoms with van der Waals surface area (Å²) in [6.45, 7) is 0. The smallest absolute Gasteiger partial charge is 0.0760 e. The van der Waals surface area contributed by atoms with Crippen LogP contribution < -0.4 is 0 Å². The molecule has 0 bridgehead atoms. The van der Waals surface area contributed by atoms with Gasteiger partial charge in [0, 0.05) is 5.57 Å². The average Bonchev–Trinajstić information content (AvgIpc) is 2.61. The molecule has 2 heteroatoms. The maximum Gasteiger partial charge on any atom is 0.0760 e. The predicted molar refractivity (Wildman–Crippen MR) is 107 cm³/mol. The molecule has 3 aromatic rings.